The van der Waals surface area contributed by atoms with Crippen molar-refractivity contribution in [2.24, 2.45) is 0 Å². The van der Waals surface area contributed by atoms with E-state index in [-0.39, 0.29) is 5.91 Å². The second-order valence-electron chi connectivity index (χ2n) is 3.65. The third kappa shape index (κ3) is 2.88. The number of nitrogens with zero attached hydrogens (tertiary/aromatic N) is 1. The summed E-state index contributed by atoms with van der Waals surface area (Å²) < 4.78 is 0. The van der Waals surface area contributed by atoms with E-state index < -0.39 is 0 Å². The predicted molar refractivity (Wildman–Crippen MR) is 70.6 cm³/mol. The first-order chi connectivity index (χ1) is 8.69. The first kappa shape index (κ1) is 12.2. The zero-order valence-corrected chi connectivity index (χ0v) is 10.1. The fourth-order valence-corrected chi connectivity index (χ4v) is 1.56. The maximum Gasteiger partial charge on any atom is 0.255 e. The van der Waals surface area contributed by atoms with Crippen LogP contribution < -0.4 is 5.32 Å². The minimum Gasteiger partial charge on any atom is -0.322 e. The molecule has 88 valence electrons. The van der Waals surface area contributed by atoms with E-state index >= 15 is 0 Å². The lowest BCUT2D eigenvalue weighted by Crippen LogP contribution is -2.11. The van der Waals surface area contributed by atoms with Gasteiger partial charge in [0.25, 0.3) is 5.91 Å². The molecule has 0 aliphatic heterocycles. The maximum absolute atomic E-state index is 11.9. The van der Waals surface area contributed by atoms with Gasteiger partial charge < -0.3 is 5.32 Å². The molecule has 1 amide bonds. The normalized spacial score (nSPS) is 9.56. The van der Waals surface area contributed by atoms with E-state index in [1.807, 2.05) is 6.07 Å². The third-order valence-electron chi connectivity index (χ3n) is 2.38. The summed E-state index contributed by atoms with van der Waals surface area (Å²) in [7, 11) is 0. The molecule has 2 rings (SSSR count). The average Bonchev–Trinajstić information content (AvgIpc) is 2.41. The SMILES string of the molecule is N#Cc1ccc(C(=O)Nc2ccc(Cl)cc2)cc1. The number of hydrogen-bond acceptors (Lipinski definition) is 2. The molecule has 0 aliphatic carbocycles. The second-order valence-corrected chi connectivity index (χ2v) is 4.09. The van der Waals surface area contributed by atoms with E-state index in [0.717, 1.165) is 0 Å². The van der Waals surface area contributed by atoms with E-state index in [9.17, 15) is 4.79 Å². The fraction of sp³-hybridized carbons (Fsp3) is 0. The van der Waals surface area contributed by atoms with Crippen LogP contribution in [0.1, 0.15) is 15.9 Å². The highest BCUT2D eigenvalue weighted by Crippen LogP contribution is 2.14. The quantitative estimate of drug-likeness (QED) is 0.895. The van der Waals surface area contributed by atoms with Gasteiger partial charge in [-0.3, -0.25) is 4.79 Å². The van der Waals surface area contributed by atoms with Crippen molar-refractivity contribution in [1.82, 2.24) is 0 Å². The van der Waals surface area contributed by atoms with Crippen molar-refractivity contribution in [2.75, 3.05) is 5.32 Å². The van der Waals surface area contributed by atoms with Crippen LogP contribution >= 0.6 is 11.6 Å². The monoisotopic (exact) mass is 256 g/mol. The molecule has 3 nitrogen and oxygen atoms in total. The Bertz CT molecular complexity index is 597. The minimum atomic E-state index is -0.221. The van der Waals surface area contributed by atoms with Crippen molar-refractivity contribution < 1.29 is 4.79 Å². The highest BCUT2D eigenvalue weighted by atomic mass is 35.5. The van der Waals surface area contributed by atoms with Gasteiger partial charge in [0.2, 0.25) is 0 Å². The number of nitriles is 1. The van der Waals surface area contributed by atoms with Crippen LogP contribution in [-0.2, 0) is 0 Å². The van der Waals surface area contributed by atoms with Gasteiger partial charge in [0, 0.05) is 16.3 Å². The van der Waals surface area contributed by atoms with Crippen LogP contribution in [0.3, 0.4) is 0 Å². The lowest BCUT2D eigenvalue weighted by Gasteiger charge is -2.05. The van der Waals surface area contributed by atoms with E-state index in [1.165, 1.54) is 0 Å². The number of anilines is 1. The molecule has 2 aromatic rings. The molecule has 0 spiro atoms. The van der Waals surface area contributed by atoms with Crippen LogP contribution in [0.2, 0.25) is 5.02 Å². The third-order valence-corrected chi connectivity index (χ3v) is 2.63. The molecule has 1 N–H and O–H groups in total. The summed E-state index contributed by atoms with van der Waals surface area (Å²) in [4.78, 5) is 11.9. The standard InChI is InChI=1S/C14H9ClN2O/c15-12-5-7-13(8-6-12)17-14(18)11-3-1-10(9-16)2-4-11/h1-8H,(H,17,18). The summed E-state index contributed by atoms with van der Waals surface area (Å²) in [6.45, 7) is 0. The highest BCUT2D eigenvalue weighted by Gasteiger charge is 2.05. The van der Waals surface area contributed by atoms with Gasteiger partial charge >= 0.3 is 0 Å². The summed E-state index contributed by atoms with van der Waals surface area (Å²) in [6, 6.07) is 15.3. The predicted octanol–water partition coefficient (Wildman–Crippen LogP) is 3.46. The van der Waals surface area contributed by atoms with E-state index in [4.69, 9.17) is 16.9 Å². The van der Waals surface area contributed by atoms with Crippen LogP contribution in [0.5, 0.6) is 0 Å². The summed E-state index contributed by atoms with van der Waals surface area (Å²) >= 11 is 5.76. The van der Waals surface area contributed by atoms with Gasteiger partial charge in [-0.1, -0.05) is 11.6 Å². The Hall–Kier alpha value is -2.31. The number of carbonyl (C=O) groups excluding carboxylic acids is 1. The lowest BCUT2D eigenvalue weighted by molar-refractivity contribution is 0.102. The maximum atomic E-state index is 11.9. The van der Waals surface area contributed by atoms with Gasteiger partial charge in [0.1, 0.15) is 0 Å². The van der Waals surface area contributed by atoms with E-state index in [2.05, 4.69) is 5.32 Å². The van der Waals surface area contributed by atoms with Crippen molar-refractivity contribution in [3.8, 4) is 6.07 Å². The number of benzene rings is 2. The molecule has 0 saturated carbocycles. The Morgan fingerprint density at radius 3 is 2.22 bits per heavy atom. The Labute approximate surface area is 110 Å². The van der Waals surface area contributed by atoms with Gasteiger partial charge in [0.05, 0.1) is 11.6 Å². The van der Waals surface area contributed by atoms with Crippen LogP contribution in [0.4, 0.5) is 5.69 Å². The van der Waals surface area contributed by atoms with E-state index in [0.29, 0.717) is 21.8 Å². The van der Waals surface area contributed by atoms with Crippen LogP contribution in [-0.4, -0.2) is 5.91 Å². The number of halogens is 1. The molecule has 0 heterocycles. The van der Waals surface area contributed by atoms with Gasteiger partial charge in [-0.05, 0) is 48.5 Å². The van der Waals surface area contributed by atoms with Crippen LogP contribution in [0.15, 0.2) is 48.5 Å². The van der Waals surface area contributed by atoms with Crippen molar-refractivity contribution in [3.05, 3.63) is 64.7 Å². The zero-order valence-electron chi connectivity index (χ0n) is 9.35. The molecule has 0 aliphatic rings. The van der Waals surface area contributed by atoms with Crippen LogP contribution in [0.25, 0.3) is 0 Å². The number of carbonyl (C=O) groups is 1. The Morgan fingerprint density at radius 1 is 1.06 bits per heavy atom. The molecular weight excluding hydrogens is 248 g/mol. The lowest BCUT2D eigenvalue weighted by atomic mass is 10.1. The average molecular weight is 257 g/mol. The first-order valence-electron chi connectivity index (χ1n) is 5.26. The zero-order chi connectivity index (χ0) is 13.0. The highest BCUT2D eigenvalue weighted by molar-refractivity contribution is 6.30. The van der Waals surface area contributed by atoms with Crippen molar-refractivity contribution in [3.63, 3.8) is 0 Å². The number of amides is 1. The fourth-order valence-electron chi connectivity index (χ4n) is 1.43. The van der Waals surface area contributed by atoms with Gasteiger partial charge in [-0.15, -0.1) is 0 Å². The second kappa shape index (κ2) is 5.35. The Balaban J connectivity index is 2.12. The molecule has 0 saturated heterocycles. The molecular formula is C14H9ClN2O. The molecule has 0 aromatic heterocycles. The number of hydrogen-bond donors (Lipinski definition) is 1. The van der Waals surface area contributed by atoms with E-state index in [1.54, 1.807) is 48.5 Å². The molecule has 2 aromatic carbocycles. The minimum absolute atomic E-state index is 0.221. The Morgan fingerprint density at radius 2 is 1.67 bits per heavy atom. The van der Waals surface area contributed by atoms with Crippen LogP contribution in [0, 0.1) is 11.3 Å². The first-order valence-corrected chi connectivity index (χ1v) is 5.64. The summed E-state index contributed by atoms with van der Waals surface area (Å²) in [5.41, 5.74) is 1.70. The molecule has 0 atom stereocenters. The molecule has 0 fully saturated rings. The smallest absolute Gasteiger partial charge is 0.255 e. The van der Waals surface area contributed by atoms with Crippen molar-refractivity contribution >= 4 is 23.2 Å². The Kier molecular flexibility index (Phi) is 3.61. The topological polar surface area (TPSA) is 52.9 Å². The van der Waals surface area contributed by atoms with Crippen molar-refractivity contribution in [1.29, 1.82) is 5.26 Å². The summed E-state index contributed by atoms with van der Waals surface area (Å²) in [5.74, 6) is -0.221. The molecule has 0 unspecified atom stereocenters. The molecule has 4 heteroatoms. The number of rotatable bonds is 2. The molecule has 0 bridgehead atoms. The van der Waals surface area contributed by atoms with Crippen molar-refractivity contribution in [2.45, 2.75) is 0 Å². The number of nitrogens with one attached hydrogen (secondary N) is 1. The molecule has 0 radical (unpaired) electrons. The van der Waals surface area contributed by atoms with Gasteiger partial charge in [0.15, 0.2) is 0 Å². The summed E-state index contributed by atoms with van der Waals surface area (Å²) in [6.07, 6.45) is 0. The largest absolute Gasteiger partial charge is 0.322 e. The van der Waals surface area contributed by atoms with Gasteiger partial charge in [-0.25, -0.2) is 0 Å². The summed E-state index contributed by atoms with van der Waals surface area (Å²) in [5, 5.41) is 12.0. The van der Waals surface area contributed by atoms with Gasteiger partial charge in [-0.2, -0.15) is 5.26 Å². The molecule has 18 heavy (non-hydrogen) atoms.